The molecule has 3 rings (SSSR count). The van der Waals surface area contributed by atoms with E-state index in [1.54, 1.807) is 10.7 Å². The van der Waals surface area contributed by atoms with Crippen LogP contribution in [0.3, 0.4) is 0 Å². The Morgan fingerprint density at radius 2 is 1.81 bits per heavy atom. The molecule has 5 nitrogen and oxygen atoms in total. The van der Waals surface area contributed by atoms with Crippen LogP contribution in [0.2, 0.25) is 0 Å². The van der Waals surface area contributed by atoms with Crippen molar-refractivity contribution in [2.45, 2.75) is 20.8 Å². The number of nitrogens with zero attached hydrogens (tertiary/aromatic N) is 3. The highest BCUT2D eigenvalue weighted by atomic mass is 16.6. The van der Waals surface area contributed by atoms with E-state index in [2.05, 4.69) is 5.10 Å². The highest BCUT2D eigenvalue weighted by Crippen LogP contribution is 2.23. The summed E-state index contributed by atoms with van der Waals surface area (Å²) in [5.74, 6) is 0. The largest absolute Gasteiger partial charge is 0.271 e. The van der Waals surface area contributed by atoms with Crippen LogP contribution >= 0.6 is 0 Å². The van der Waals surface area contributed by atoms with Gasteiger partial charge in [0.25, 0.3) is 5.69 Å². The minimum Gasteiger partial charge on any atom is -0.258 e. The molecule has 1 aromatic heterocycles. The topological polar surface area (TPSA) is 61.0 Å². The second-order valence-electron chi connectivity index (χ2n) is 4.29. The lowest BCUT2D eigenvalue weighted by Crippen LogP contribution is -1.97. The number of para-hydroxylation sites is 1. The lowest BCUT2D eigenvalue weighted by Gasteiger charge is -2.02. The smallest absolute Gasteiger partial charge is 0.258 e. The van der Waals surface area contributed by atoms with Crippen molar-refractivity contribution in [2.75, 3.05) is 0 Å². The van der Waals surface area contributed by atoms with Gasteiger partial charge in [-0.05, 0) is 19.1 Å². The van der Waals surface area contributed by atoms with Crippen molar-refractivity contribution in [2.24, 2.45) is 0 Å². The van der Waals surface area contributed by atoms with Gasteiger partial charge in [-0.2, -0.15) is 5.10 Å². The highest BCUT2D eigenvalue weighted by Gasteiger charge is 2.11. The summed E-state index contributed by atoms with van der Waals surface area (Å²) >= 11 is 0. The molecular weight excluding hydrogens is 266 g/mol. The number of non-ortho nitro benzene ring substituents is 1. The van der Waals surface area contributed by atoms with Gasteiger partial charge in [0, 0.05) is 17.5 Å². The Labute approximate surface area is 123 Å². The van der Waals surface area contributed by atoms with Gasteiger partial charge in [-0.3, -0.25) is 10.1 Å². The average molecular weight is 283 g/mol. The van der Waals surface area contributed by atoms with Gasteiger partial charge in [0.2, 0.25) is 0 Å². The van der Waals surface area contributed by atoms with E-state index >= 15 is 0 Å². The quantitative estimate of drug-likeness (QED) is 0.521. The van der Waals surface area contributed by atoms with Crippen LogP contribution in [0.1, 0.15) is 19.5 Å². The van der Waals surface area contributed by atoms with Crippen molar-refractivity contribution < 1.29 is 4.92 Å². The van der Waals surface area contributed by atoms with Crippen LogP contribution < -0.4 is 0 Å². The van der Waals surface area contributed by atoms with E-state index in [-0.39, 0.29) is 5.69 Å². The van der Waals surface area contributed by atoms with Crippen molar-refractivity contribution in [3.63, 3.8) is 0 Å². The number of fused-ring (bicyclic) bond motifs is 1. The lowest BCUT2D eigenvalue weighted by molar-refractivity contribution is -0.384. The van der Waals surface area contributed by atoms with Gasteiger partial charge < -0.3 is 0 Å². The SMILES string of the molecule is CC.Cc1nn(-c2cccc([N+](=O)[O-])c2)c2ccccc12. The zero-order valence-electron chi connectivity index (χ0n) is 12.3. The average Bonchev–Trinajstić information content (AvgIpc) is 2.87. The van der Waals surface area contributed by atoms with E-state index in [4.69, 9.17) is 0 Å². The summed E-state index contributed by atoms with van der Waals surface area (Å²) in [7, 11) is 0. The molecule has 0 atom stereocenters. The fourth-order valence-corrected chi connectivity index (χ4v) is 2.16. The molecule has 0 bridgehead atoms. The minimum absolute atomic E-state index is 0.0646. The van der Waals surface area contributed by atoms with E-state index in [1.165, 1.54) is 12.1 Å². The number of hydrogen-bond donors (Lipinski definition) is 0. The minimum atomic E-state index is -0.401. The monoisotopic (exact) mass is 283 g/mol. The fourth-order valence-electron chi connectivity index (χ4n) is 2.16. The number of rotatable bonds is 2. The molecule has 0 N–H and O–H groups in total. The predicted octanol–water partition coefficient (Wildman–Crippen LogP) is 4.27. The van der Waals surface area contributed by atoms with Crippen molar-refractivity contribution in [1.82, 2.24) is 9.78 Å². The van der Waals surface area contributed by atoms with Crippen LogP contribution in [0.15, 0.2) is 48.5 Å². The molecule has 0 saturated heterocycles. The third-order valence-corrected chi connectivity index (χ3v) is 3.06. The number of aromatic nitrogens is 2. The van der Waals surface area contributed by atoms with E-state index in [0.29, 0.717) is 5.69 Å². The molecule has 0 amide bonds. The molecule has 0 saturated carbocycles. The molecule has 0 spiro atoms. The van der Waals surface area contributed by atoms with Crippen LogP contribution in [0.5, 0.6) is 0 Å². The van der Waals surface area contributed by atoms with E-state index < -0.39 is 4.92 Å². The summed E-state index contributed by atoms with van der Waals surface area (Å²) in [6, 6.07) is 14.3. The molecule has 2 aromatic carbocycles. The molecule has 3 aromatic rings. The maximum atomic E-state index is 10.8. The molecule has 5 heteroatoms. The highest BCUT2D eigenvalue weighted by molar-refractivity contribution is 5.83. The van der Waals surface area contributed by atoms with Crippen molar-refractivity contribution in [1.29, 1.82) is 0 Å². The molecule has 0 fully saturated rings. The summed E-state index contributed by atoms with van der Waals surface area (Å²) < 4.78 is 1.73. The summed E-state index contributed by atoms with van der Waals surface area (Å²) in [5, 5.41) is 16.3. The summed E-state index contributed by atoms with van der Waals surface area (Å²) in [6.07, 6.45) is 0. The van der Waals surface area contributed by atoms with Crippen LogP contribution in [-0.4, -0.2) is 14.7 Å². The summed E-state index contributed by atoms with van der Waals surface area (Å²) in [6.45, 7) is 5.93. The van der Waals surface area contributed by atoms with Gasteiger partial charge in [-0.25, -0.2) is 4.68 Å². The zero-order valence-corrected chi connectivity index (χ0v) is 12.3. The van der Waals surface area contributed by atoms with Crippen molar-refractivity contribution in [3.05, 3.63) is 64.3 Å². The van der Waals surface area contributed by atoms with Crippen molar-refractivity contribution >= 4 is 16.6 Å². The Bertz CT molecular complexity index is 778. The first kappa shape index (κ1) is 14.7. The summed E-state index contributed by atoms with van der Waals surface area (Å²) in [4.78, 5) is 10.4. The third kappa shape index (κ3) is 2.76. The second kappa shape index (κ2) is 6.17. The Morgan fingerprint density at radius 1 is 1.10 bits per heavy atom. The number of hydrogen-bond acceptors (Lipinski definition) is 3. The standard InChI is InChI=1S/C14H11N3O2.C2H6/c1-10-13-7-2-3-8-14(13)16(15-10)11-5-4-6-12(9-11)17(18)19;1-2/h2-9H,1H3;1-2H3. The number of aryl methyl sites for hydroxylation is 1. The first-order valence-corrected chi connectivity index (χ1v) is 6.86. The Balaban J connectivity index is 0.000000774. The first-order chi connectivity index (χ1) is 10.2. The van der Waals surface area contributed by atoms with Crippen LogP contribution in [0.4, 0.5) is 5.69 Å². The van der Waals surface area contributed by atoms with Gasteiger partial charge in [0.1, 0.15) is 0 Å². The number of nitro benzene ring substituents is 1. The maximum Gasteiger partial charge on any atom is 0.271 e. The molecule has 108 valence electrons. The molecule has 0 radical (unpaired) electrons. The predicted molar refractivity (Wildman–Crippen MR) is 83.8 cm³/mol. The van der Waals surface area contributed by atoms with E-state index in [9.17, 15) is 10.1 Å². The van der Waals surface area contributed by atoms with Crippen molar-refractivity contribution in [3.8, 4) is 5.69 Å². The fraction of sp³-hybridized carbons (Fsp3) is 0.188. The normalized spacial score (nSPS) is 10.0. The zero-order chi connectivity index (χ0) is 15.4. The van der Waals surface area contributed by atoms with Crippen LogP contribution in [-0.2, 0) is 0 Å². The first-order valence-electron chi connectivity index (χ1n) is 6.86. The van der Waals surface area contributed by atoms with E-state index in [1.807, 2.05) is 51.1 Å². The second-order valence-corrected chi connectivity index (χ2v) is 4.29. The molecule has 1 heterocycles. The van der Waals surface area contributed by atoms with Gasteiger partial charge in [0.05, 0.1) is 21.8 Å². The number of nitro groups is 1. The van der Waals surface area contributed by atoms with Gasteiger partial charge >= 0.3 is 0 Å². The molecule has 21 heavy (non-hydrogen) atoms. The van der Waals surface area contributed by atoms with Gasteiger partial charge in [0.15, 0.2) is 0 Å². The Morgan fingerprint density at radius 3 is 2.52 bits per heavy atom. The Kier molecular flexibility index (Phi) is 4.33. The van der Waals surface area contributed by atoms with Crippen LogP contribution in [0, 0.1) is 17.0 Å². The third-order valence-electron chi connectivity index (χ3n) is 3.06. The van der Waals surface area contributed by atoms with Crippen LogP contribution in [0.25, 0.3) is 16.6 Å². The number of benzene rings is 2. The molecule has 0 unspecified atom stereocenters. The molecular formula is C16H17N3O2. The maximum absolute atomic E-state index is 10.8. The molecule has 0 aliphatic rings. The Hall–Kier alpha value is -2.69. The lowest BCUT2D eigenvalue weighted by atomic mass is 10.2. The molecule has 0 aliphatic heterocycles. The molecule has 0 aliphatic carbocycles. The summed E-state index contributed by atoms with van der Waals surface area (Å²) in [5.41, 5.74) is 2.61. The van der Waals surface area contributed by atoms with E-state index in [0.717, 1.165) is 16.6 Å². The van der Waals surface area contributed by atoms with Gasteiger partial charge in [-0.15, -0.1) is 0 Å². The van der Waals surface area contributed by atoms with Gasteiger partial charge in [-0.1, -0.05) is 38.1 Å².